The minimum Gasteiger partial charge on any atom is -0.320 e. The van der Waals surface area contributed by atoms with Gasteiger partial charge in [0.1, 0.15) is 17.3 Å². The Morgan fingerprint density at radius 3 is 2.61 bits per heavy atom. The minimum absolute atomic E-state index is 0.0367. The molecule has 6 nitrogen and oxygen atoms in total. The summed E-state index contributed by atoms with van der Waals surface area (Å²) in [6.45, 7) is 1.33. The third kappa shape index (κ3) is 3.93. The Morgan fingerprint density at radius 2 is 2.06 bits per heavy atom. The summed E-state index contributed by atoms with van der Waals surface area (Å²) in [5.41, 5.74) is -0.610. The number of carbonyl (C=O) groups excluding carboxylic acids is 2. The molecular formula is C11H11FN2O4. The van der Waals surface area contributed by atoms with Crippen molar-refractivity contribution in [1.29, 1.82) is 0 Å². The number of nitro groups is 1. The molecule has 0 aliphatic carbocycles. The molecule has 0 saturated heterocycles. The first-order valence-corrected chi connectivity index (χ1v) is 5.13. The lowest BCUT2D eigenvalue weighted by atomic mass is 10.2. The molecule has 0 saturated carbocycles. The first-order valence-electron chi connectivity index (χ1n) is 5.13. The molecule has 7 heteroatoms. The SMILES string of the molecule is CC(=O)CCC(=O)Nc1cc(F)ccc1[N+](=O)[O-]. The maximum Gasteiger partial charge on any atom is 0.292 e. The lowest BCUT2D eigenvalue weighted by Gasteiger charge is -2.05. The number of hydrogen-bond acceptors (Lipinski definition) is 4. The van der Waals surface area contributed by atoms with Gasteiger partial charge in [-0.3, -0.25) is 14.9 Å². The fraction of sp³-hybridized carbons (Fsp3) is 0.273. The van der Waals surface area contributed by atoms with Crippen molar-refractivity contribution in [3.63, 3.8) is 0 Å². The second kappa shape index (κ2) is 5.85. The quantitative estimate of drug-likeness (QED) is 0.643. The number of benzene rings is 1. The van der Waals surface area contributed by atoms with Gasteiger partial charge >= 0.3 is 0 Å². The van der Waals surface area contributed by atoms with E-state index < -0.39 is 22.3 Å². The molecule has 0 aliphatic rings. The Bertz CT molecular complexity index is 502. The van der Waals surface area contributed by atoms with Crippen molar-refractivity contribution in [2.75, 3.05) is 5.32 Å². The molecule has 0 radical (unpaired) electrons. The first kappa shape index (κ1) is 13.8. The maximum atomic E-state index is 12.9. The van der Waals surface area contributed by atoms with Gasteiger partial charge in [0.05, 0.1) is 4.92 Å². The van der Waals surface area contributed by atoms with Crippen LogP contribution in [0.1, 0.15) is 19.8 Å². The number of ketones is 1. The molecule has 0 aromatic heterocycles. The van der Waals surface area contributed by atoms with E-state index >= 15 is 0 Å². The summed E-state index contributed by atoms with van der Waals surface area (Å²) in [4.78, 5) is 32.0. The van der Waals surface area contributed by atoms with Crippen molar-refractivity contribution < 1.29 is 18.9 Å². The normalized spacial score (nSPS) is 9.89. The average Bonchev–Trinajstić information content (AvgIpc) is 2.26. The average molecular weight is 254 g/mol. The van der Waals surface area contributed by atoms with Gasteiger partial charge in [0.15, 0.2) is 0 Å². The molecule has 0 spiro atoms. The van der Waals surface area contributed by atoms with Crippen LogP contribution in [0.15, 0.2) is 18.2 Å². The zero-order valence-corrected chi connectivity index (χ0v) is 9.60. The molecule has 96 valence electrons. The third-order valence-electron chi connectivity index (χ3n) is 2.13. The van der Waals surface area contributed by atoms with Crippen LogP contribution in [0, 0.1) is 15.9 Å². The highest BCUT2D eigenvalue weighted by Gasteiger charge is 2.16. The highest BCUT2D eigenvalue weighted by Crippen LogP contribution is 2.25. The van der Waals surface area contributed by atoms with E-state index in [1.807, 2.05) is 0 Å². The molecule has 0 unspecified atom stereocenters. The zero-order chi connectivity index (χ0) is 13.7. The molecule has 18 heavy (non-hydrogen) atoms. The van der Waals surface area contributed by atoms with Gasteiger partial charge < -0.3 is 10.1 Å². The molecule has 1 N–H and O–H groups in total. The molecule has 0 aliphatic heterocycles. The predicted octanol–water partition coefficient (Wildman–Crippen LogP) is 2.04. The fourth-order valence-electron chi connectivity index (χ4n) is 1.27. The van der Waals surface area contributed by atoms with Crippen molar-refractivity contribution in [3.05, 3.63) is 34.1 Å². The van der Waals surface area contributed by atoms with Crippen LogP contribution in [0.3, 0.4) is 0 Å². The molecular weight excluding hydrogens is 243 g/mol. The Hall–Kier alpha value is -2.31. The topological polar surface area (TPSA) is 89.3 Å². The van der Waals surface area contributed by atoms with E-state index in [2.05, 4.69) is 5.32 Å². The van der Waals surface area contributed by atoms with Crippen LogP contribution in [-0.4, -0.2) is 16.6 Å². The van der Waals surface area contributed by atoms with Crippen molar-refractivity contribution in [3.8, 4) is 0 Å². The number of nitrogens with zero attached hydrogens (tertiary/aromatic N) is 1. The summed E-state index contributed by atoms with van der Waals surface area (Å²) in [7, 11) is 0. The van der Waals surface area contributed by atoms with E-state index in [0.29, 0.717) is 0 Å². The van der Waals surface area contributed by atoms with Gasteiger partial charge in [-0.2, -0.15) is 0 Å². The predicted molar refractivity (Wildman–Crippen MR) is 61.6 cm³/mol. The zero-order valence-electron chi connectivity index (χ0n) is 9.60. The van der Waals surface area contributed by atoms with Gasteiger partial charge in [-0.05, 0) is 13.0 Å². The third-order valence-corrected chi connectivity index (χ3v) is 2.13. The summed E-state index contributed by atoms with van der Waals surface area (Å²) in [5, 5.41) is 12.9. The molecule has 0 fully saturated rings. The van der Waals surface area contributed by atoms with Gasteiger partial charge in [0.25, 0.3) is 5.69 Å². The fourth-order valence-corrected chi connectivity index (χ4v) is 1.27. The molecule has 1 rings (SSSR count). The molecule has 1 aromatic carbocycles. The van der Waals surface area contributed by atoms with Gasteiger partial charge in [0, 0.05) is 25.0 Å². The number of rotatable bonds is 5. The summed E-state index contributed by atoms with van der Waals surface area (Å²) >= 11 is 0. The number of hydrogen-bond donors (Lipinski definition) is 1. The number of carbonyl (C=O) groups is 2. The number of nitro benzene ring substituents is 1. The Labute approximate surface area is 102 Å². The number of anilines is 1. The second-order valence-corrected chi connectivity index (χ2v) is 3.67. The smallest absolute Gasteiger partial charge is 0.292 e. The van der Waals surface area contributed by atoms with Crippen molar-refractivity contribution >= 4 is 23.1 Å². The van der Waals surface area contributed by atoms with Crippen molar-refractivity contribution in [2.24, 2.45) is 0 Å². The van der Waals surface area contributed by atoms with E-state index in [1.165, 1.54) is 6.92 Å². The first-order chi connectivity index (χ1) is 8.40. The molecule has 1 aromatic rings. The maximum absolute atomic E-state index is 12.9. The second-order valence-electron chi connectivity index (χ2n) is 3.67. The highest BCUT2D eigenvalue weighted by atomic mass is 19.1. The van der Waals surface area contributed by atoms with Gasteiger partial charge in [-0.15, -0.1) is 0 Å². The van der Waals surface area contributed by atoms with Crippen molar-refractivity contribution in [1.82, 2.24) is 0 Å². The van der Waals surface area contributed by atoms with E-state index in [0.717, 1.165) is 18.2 Å². The Morgan fingerprint density at radius 1 is 1.39 bits per heavy atom. The molecule has 1 amide bonds. The van der Waals surface area contributed by atoms with Gasteiger partial charge in [-0.25, -0.2) is 4.39 Å². The van der Waals surface area contributed by atoms with E-state index in [9.17, 15) is 24.1 Å². The van der Waals surface area contributed by atoms with Crippen LogP contribution in [0.25, 0.3) is 0 Å². The van der Waals surface area contributed by atoms with E-state index in [1.54, 1.807) is 0 Å². The van der Waals surface area contributed by atoms with Crippen LogP contribution in [0.2, 0.25) is 0 Å². The summed E-state index contributed by atoms with van der Waals surface area (Å²) in [5.74, 6) is -1.43. The van der Waals surface area contributed by atoms with Crippen LogP contribution in [0.5, 0.6) is 0 Å². The summed E-state index contributed by atoms with van der Waals surface area (Å²) < 4.78 is 12.9. The Kier molecular flexibility index (Phi) is 4.47. The highest BCUT2D eigenvalue weighted by molar-refractivity contribution is 5.95. The van der Waals surface area contributed by atoms with Crippen LogP contribution in [-0.2, 0) is 9.59 Å². The van der Waals surface area contributed by atoms with Gasteiger partial charge in [-0.1, -0.05) is 0 Å². The molecule has 0 bridgehead atoms. The van der Waals surface area contributed by atoms with Crippen molar-refractivity contribution in [2.45, 2.75) is 19.8 Å². The van der Waals surface area contributed by atoms with Crippen LogP contribution < -0.4 is 5.32 Å². The van der Waals surface area contributed by atoms with Gasteiger partial charge in [0.2, 0.25) is 5.91 Å². The van der Waals surface area contributed by atoms with E-state index in [4.69, 9.17) is 0 Å². The Balaban J connectivity index is 2.82. The van der Waals surface area contributed by atoms with Crippen LogP contribution in [0.4, 0.5) is 15.8 Å². The standard InChI is InChI=1S/C11H11FN2O4/c1-7(15)2-5-11(16)13-9-6-8(12)3-4-10(9)14(17)18/h3-4,6H,2,5H2,1H3,(H,13,16). The molecule has 0 atom stereocenters. The number of Topliss-reactive ketones (excluding diaryl/α,β-unsaturated/α-hetero) is 1. The number of halogens is 1. The van der Waals surface area contributed by atoms with Crippen LogP contribution >= 0.6 is 0 Å². The number of amides is 1. The lowest BCUT2D eigenvalue weighted by Crippen LogP contribution is -2.13. The minimum atomic E-state index is -0.722. The lowest BCUT2D eigenvalue weighted by molar-refractivity contribution is -0.384. The summed E-state index contributed by atoms with van der Waals surface area (Å²) in [6.07, 6.45) is -0.0576. The summed E-state index contributed by atoms with van der Waals surface area (Å²) in [6, 6.07) is 2.77. The monoisotopic (exact) mass is 254 g/mol. The molecule has 0 heterocycles. The largest absolute Gasteiger partial charge is 0.320 e. The van der Waals surface area contributed by atoms with E-state index in [-0.39, 0.29) is 24.3 Å². The number of nitrogens with one attached hydrogen (secondary N) is 1.